The Labute approximate surface area is 93.6 Å². The topological polar surface area (TPSA) is 86.7 Å². The summed E-state index contributed by atoms with van der Waals surface area (Å²) in [5, 5.41) is 11.2. The number of aliphatic carboxylic acids is 1. The van der Waals surface area contributed by atoms with Crippen LogP contribution in [0.3, 0.4) is 0 Å². The third kappa shape index (κ3) is 3.22. The molecule has 0 spiro atoms. The number of hydrogen-bond donors (Lipinski definition) is 2. The molecule has 2 N–H and O–H groups in total. The molecule has 16 heavy (non-hydrogen) atoms. The van der Waals surface area contributed by atoms with Crippen LogP contribution in [0.1, 0.15) is 20.3 Å². The van der Waals surface area contributed by atoms with Crippen LogP contribution >= 0.6 is 0 Å². The minimum Gasteiger partial charge on any atom is -0.480 e. The van der Waals surface area contributed by atoms with Crippen LogP contribution in [0.4, 0.5) is 0 Å². The standard InChI is InChI=1S/C10H16N2O4/c1-6-3-9(14)12(4-6)5-8(10(15)16)11-7(2)13/h6,8H,3-5H2,1-2H3,(H,11,13)(H,15,16). The number of carboxylic acid groups (broad SMARTS) is 1. The van der Waals surface area contributed by atoms with Crippen molar-refractivity contribution < 1.29 is 19.5 Å². The highest BCUT2D eigenvalue weighted by atomic mass is 16.4. The molecule has 2 atom stereocenters. The fourth-order valence-electron chi connectivity index (χ4n) is 1.80. The largest absolute Gasteiger partial charge is 0.480 e. The molecule has 1 rings (SSSR count). The Kier molecular flexibility index (Phi) is 3.87. The SMILES string of the molecule is CC(=O)NC(CN1CC(C)CC1=O)C(=O)O. The smallest absolute Gasteiger partial charge is 0.328 e. The molecule has 1 fully saturated rings. The van der Waals surface area contributed by atoms with Gasteiger partial charge in [0.05, 0.1) is 6.54 Å². The molecule has 1 aliphatic rings. The van der Waals surface area contributed by atoms with Crippen LogP contribution in [0.2, 0.25) is 0 Å². The van der Waals surface area contributed by atoms with E-state index in [1.807, 2.05) is 6.92 Å². The van der Waals surface area contributed by atoms with Crippen molar-refractivity contribution in [1.29, 1.82) is 0 Å². The van der Waals surface area contributed by atoms with Crippen LogP contribution in [0.5, 0.6) is 0 Å². The fraction of sp³-hybridized carbons (Fsp3) is 0.700. The van der Waals surface area contributed by atoms with Crippen molar-refractivity contribution in [3.8, 4) is 0 Å². The van der Waals surface area contributed by atoms with Gasteiger partial charge >= 0.3 is 5.97 Å². The quantitative estimate of drug-likeness (QED) is 0.675. The first-order valence-electron chi connectivity index (χ1n) is 5.18. The lowest BCUT2D eigenvalue weighted by Crippen LogP contribution is -2.48. The van der Waals surface area contributed by atoms with Gasteiger partial charge in [-0.25, -0.2) is 4.79 Å². The zero-order valence-corrected chi connectivity index (χ0v) is 9.40. The second-order valence-electron chi connectivity index (χ2n) is 4.20. The minimum atomic E-state index is -1.12. The van der Waals surface area contributed by atoms with Crippen molar-refractivity contribution in [2.45, 2.75) is 26.3 Å². The number of carbonyl (C=O) groups is 3. The number of nitrogens with zero attached hydrogens (tertiary/aromatic N) is 1. The summed E-state index contributed by atoms with van der Waals surface area (Å²) in [6.45, 7) is 3.79. The van der Waals surface area contributed by atoms with Gasteiger partial charge in [0.2, 0.25) is 11.8 Å². The summed E-state index contributed by atoms with van der Waals surface area (Å²) in [6.07, 6.45) is 0.451. The highest BCUT2D eigenvalue weighted by Crippen LogP contribution is 2.16. The Bertz CT molecular complexity index is 316. The molecule has 90 valence electrons. The fourth-order valence-corrected chi connectivity index (χ4v) is 1.80. The van der Waals surface area contributed by atoms with E-state index in [9.17, 15) is 14.4 Å². The molecule has 6 heteroatoms. The van der Waals surface area contributed by atoms with E-state index in [1.54, 1.807) is 0 Å². The van der Waals surface area contributed by atoms with E-state index in [0.717, 1.165) is 0 Å². The third-order valence-corrected chi connectivity index (χ3v) is 2.49. The second-order valence-corrected chi connectivity index (χ2v) is 4.20. The van der Waals surface area contributed by atoms with Crippen molar-refractivity contribution in [1.82, 2.24) is 10.2 Å². The summed E-state index contributed by atoms with van der Waals surface area (Å²) in [7, 11) is 0. The Balaban J connectivity index is 2.58. The van der Waals surface area contributed by atoms with Gasteiger partial charge in [0.1, 0.15) is 6.04 Å². The lowest BCUT2D eigenvalue weighted by Gasteiger charge is -2.21. The third-order valence-electron chi connectivity index (χ3n) is 2.49. The van der Waals surface area contributed by atoms with Crippen molar-refractivity contribution in [3.05, 3.63) is 0 Å². The van der Waals surface area contributed by atoms with Gasteiger partial charge < -0.3 is 15.3 Å². The maximum atomic E-state index is 11.4. The number of hydrogen-bond acceptors (Lipinski definition) is 3. The van der Waals surface area contributed by atoms with E-state index >= 15 is 0 Å². The van der Waals surface area contributed by atoms with Crippen LogP contribution in [-0.4, -0.2) is 46.9 Å². The van der Waals surface area contributed by atoms with E-state index in [0.29, 0.717) is 13.0 Å². The lowest BCUT2D eigenvalue weighted by atomic mass is 10.2. The summed E-state index contributed by atoms with van der Waals surface area (Å²) in [5.74, 6) is -1.34. The molecule has 1 saturated heterocycles. The number of likely N-dealkylation sites (tertiary alicyclic amines) is 1. The van der Waals surface area contributed by atoms with Gasteiger partial charge in [0.25, 0.3) is 0 Å². The molecule has 0 saturated carbocycles. The van der Waals surface area contributed by atoms with Crippen LogP contribution in [0.15, 0.2) is 0 Å². The van der Waals surface area contributed by atoms with Gasteiger partial charge in [0.15, 0.2) is 0 Å². The number of carboxylic acids is 1. The molecule has 2 unspecified atom stereocenters. The summed E-state index contributed by atoms with van der Waals surface area (Å²) < 4.78 is 0. The van der Waals surface area contributed by atoms with Crippen molar-refractivity contribution >= 4 is 17.8 Å². The van der Waals surface area contributed by atoms with E-state index in [2.05, 4.69) is 5.32 Å². The normalized spacial score (nSPS) is 22.0. The summed E-state index contributed by atoms with van der Waals surface area (Å²) in [5.41, 5.74) is 0. The maximum absolute atomic E-state index is 11.4. The van der Waals surface area contributed by atoms with Crippen LogP contribution < -0.4 is 5.32 Å². The molecule has 0 aromatic carbocycles. The Hall–Kier alpha value is -1.59. The minimum absolute atomic E-state index is 0.0398. The predicted molar refractivity (Wildman–Crippen MR) is 55.6 cm³/mol. The Morgan fingerprint density at radius 3 is 2.62 bits per heavy atom. The predicted octanol–water partition coefficient (Wildman–Crippen LogP) is -0.556. The first-order valence-corrected chi connectivity index (χ1v) is 5.18. The zero-order chi connectivity index (χ0) is 12.3. The summed E-state index contributed by atoms with van der Waals surface area (Å²) in [6, 6.07) is -1.02. The summed E-state index contributed by atoms with van der Waals surface area (Å²) in [4.78, 5) is 34.6. The van der Waals surface area contributed by atoms with Crippen molar-refractivity contribution in [3.63, 3.8) is 0 Å². The van der Waals surface area contributed by atoms with Crippen LogP contribution in [-0.2, 0) is 14.4 Å². The Morgan fingerprint density at radius 1 is 1.62 bits per heavy atom. The van der Waals surface area contributed by atoms with E-state index < -0.39 is 17.9 Å². The summed E-state index contributed by atoms with van der Waals surface area (Å²) >= 11 is 0. The van der Waals surface area contributed by atoms with Gasteiger partial charge in [-0.2, -0.15) is 0 Å². The number of carbonyl (C=O) groups excluding carboxylic acids is 2. The maximum Gasteiger partial charge on any atom is 0.328 e. The van der Waals surface area contributed by atoms with Gasteiger partial charge in [-0.1, -0.05) is 6.92 Å². The van der Waals surface area contributed by atoms with E-state index in [1.165, 1.54) is 11.8 Å². The van der Waals surface area contributed by atoms with Crippen molar-refractivity contribution in [2.24, 2.45) is 5.92 Å². The first kappa shape index (κ1) is 12.5. The number of rotatable bonds is 4. The first-order chi connectivity index (χ1) is 7.40. The number of nitrogens with one attached hydrogen (secondary N) is 1. The van der Waals surface area contributed by atoms with E-state index in [4.69, 9.17) is 5.11 Å². The molecule has 1 aliphatic heterocycles. The van der Waals surface area contributed by atoms with Crippen LogP contribution in [0.25, 0.3) is 0 Å². The van der Waals surface area contributed by atoms with Gasteiger partial charge in [-0.15, -0.1) is 0 Å². The molecule has 0 radical (unpaired) electrons. The second kappa shape index (κ2) is 4.96. The highest BCUT2D eigenvalue weighted by Gasteiger charge is 2.30. The highest BCUT2D eigenvalue weighted by molar-refractivity contribution is 5.84. The molecular weight excluding hydrogens is 212 g/mol. The monoisotopic (exact) mass is 228 g/mol. The van der Waals surface area contributed by atoms with Crippen molar-refractivity contribution in [2.75, 3.05) is 13.1 Å². The zero-order valence-electron chi connectivity index (χ0n) is 9.40. The van der Waals surface area contributed by atoms with Crippen LogP contribution in [0, 0.1) is 5.92 Å². The molecule has 6 nitrogen and oxygen atoms in total. The molecule has 0 aromatic heterocycles. The lowest BCUT2D eigenvalue weighted by molar-refractivity contribution is -0.142. The average Bonchev–Trinajstić information content (AvgIpc) is 2.43. The molecule has 0 aliphatic carbocycles. The molecule has 0 bridgehead atoms. The molecule has 1 heterocycles. The van der Waals surface area contributed by atoms with E-state index in [-0.39, 0.29) is 18.4 Å². The molecule has 2 amide bonds. The number of amides is 2. The van der Waals surface area contributed by atoms with Gasteiger partial charge in [-0.05, 0) is 5.92 Å². The van der Waals surface area contributed by atoms with Gasteiger partial charge in [-0.3, -0.25) is 9.59 Å². The molecular formula is C10H16N2O4. The Morgan fingerprint density at radius 2 is 2.25 bits per heavy atom. The molecule has 0 aromatic rings. The van der Waals surface area contributed by atoms with Gasteiger partial charge in [0, 0.05) is 19.9 Å². The average molecular weight is 228 g/mol.